The van der Waals surface area contributed by atoms with Gasteiger partial charge < -0.3 is 15.5 Å². The minimum absolute atomic E-state index is 0.0649. The Bertz CT molecular complexity index is 945. The first kappa shape index (κ1) is 23.7. The number of anilines is 1. The zero-order valence-electron chi connectivity index (χ0n) is 16.8. The van der Waals surface area contributed by atoms with Crippen molar-refractivity contribution in [2.75, 3.05) is 24.5 Å². The molecule has 0 bridgehead atoms. The molecule has 2 aliphatic rings. The molecule has 174 valence electrons. The molecule has 0 aliphatic carbocycles. The molecule has 0 saturated carbocycles. The third-order valence-electron chi connectivity index (χ3n) is 6.13. The number of halogens is 6. The second-order valence-electron chi connectivity index (χ2n) is 8.26. The van der Waals surface area contributed by atoms with Crippen LogP contribution < -0.4 is 10.6 Å². The van der Waals surface area contributed by atoms with Gasteiger partial charge in [0.15, 0.2) is 0 Å². The Kier molecular flexibility index (Phi) is 6.06. The van der Waals surface area contributed by atoms with E-state index in [1.807, 2.05) is 0 Å². The molecule has 12 heteroatoms. The maximum atomic E-state index is 13.2. The van der Waals surface area contributed by atoms with Crippen LogP contribution in [0.15, 0.2) is 18.2 Å². The summed E-state index contributed by atoms with van der Waals surface area (Å²) in [6.07, 6.45) is -10.3. The Morgan fingerprint density at radius 1 is 1.16 bits per heavy atom. The normalized spacial score (nSPS) is 21.0. The van der Waals surface area contributed by atoms with Crippen LogP contribution in [0.3, 0.4) is 0 Å². The molecule has 1 unspecified atom stereocenters. The molecule has 2 amide bonds. The van der Waals surface area contributed by atoms with E-state index in [0.717, 1.165) is 17.0 Å². The fourth-order valence-electron chi connectivity index (χ4n) is 4.51. The smallest absolute Gasteiger partial charge is 0.371 e. The third kappa shape index (κ3) is 4.92. The highest BCUT2D eigenvalue weighted by molar-refractivity contribution is 5.87. The van der Waals surface area contributed by atoms with Crippen molar-refractivity contribution in [3.8, 4) is 6.07 Å². The van der Waals surface area contributed by atoms with Gasteiger partial charge in [-0.1, -0.05) is 0 Å². The lowest BCUT2D eigenvalue weighted by Crippen LogP contribution is -2.45. The lowest BCUT2D eigenvalue weighted by Gasteiger charge is -2.40. The average molecular weight is 462 g/mol. The fourth-order valence-corrected chi connectivity index (χ4v) is 4.51. The molecule has 0 radical (unpaired) electrons. The lowest BCUT2D eigenvalue weighted by atomic mass is 9.76. The van der Waals surface area contributed by atoms with Gasteiger partial charge in [-0.05, 0) is 42.9 Å². The van der Waals surface area contributed by atoms with E-state index in [1.54, 1.807) is 4.90 Å². The minimum atomic E-state index is -4.72. The van der Waals surface area contributed by atoms with Crippen molar-refractivity contribution in [1.82, 2.24) is 4.90 Å². The number of nitrogens with zero attached hydrogens (tertiary/aromatic N) is 3. The summed E-state index contributed by atoms with van der Waals surface area (Å²) in [7, 11) is 0. The maximum absolute atomic E-state index is 13.2. The van der Waals surface area contributed by atoms with Gasteiger partial charge in [0, 0.05) is 25.3 Å². The molecule has 1 atom stereocenters. The Balaban J connectivity index is 1.75. The molecule has 2 heterocycles. The van der Waals surface area contributed by atoms with Crippen molar-refractivity contribution in [1.29, 1.82) is 5.26 Å². The fraction of sp³-hybridized carbons (Fsp3) is 0.550. The van der Waals surface area contributed by atoms with Gasteiger partial charge in [-0.25, -0.2) is 0 Å². The van der Waals surface area contributed by atoms with Gasteiger partial charge in [0.2, 0.25) is 11.8 Å². The van der Waals surface area contributed by atoms with Crippen LogP contribution in [-0.2, 0) is 15.8 Å². The number of nitrogens with two attached hydrogens (primary N) is 1. The zero-order chi connectivity index (χ0) is 23.9. The summed E-state index contributed by atoms with van der Waals surface area (Å²) in [5.74, 6) is -2.11. The number of amides is 2. The summed E-state index contributed by atoms with van der Waals surface area (Å²) in [6.45, 7) is 0.483. The van der Waals surface area contributed by atoms with E-state index < -0.39 is 53.2 Å². The monoisotopic (exact) mass is 462 g/mol. The number of carbonyl (C=O) groups excluding carboxylic acids is 2. The van der Waals surface area contributed by atoms with E-state index in [0.29, 0.717) is 12.8 Å². The number of piperidine rings is 1. The second-order valence-corrected chi connectivity index (χ2v) is 8.26. The van der Waals surface area contributed by atoms with Crippen molar-refractivity contribution in [2.45, 2.75) is 44.1 Å². The van der Waals surface area contributed by atoms with E-state index in [2.05, 4.69) is 0 Å². The van der Waals surface area contributed by atoms with Gasteiger partial charge in [-0.2, -0.15) is 31.6 Å². The number of carbonyl (C=O) groups is 2. The summed E-state index contributed by atoms with van der Waals surface area (Å²) in [5.41, 5.74) is 3.41. The number of alkyl halides is 6. The number of rotatable bonds is 3. The first-order chi connectivity index (χ1) is 14.7. The lowest BCUT2D eigenvalue weighted by molar-refractivity contribution is -0.163. The first-order valence-corrected chi connectivity index (χ1v) is 9.76. The van der Waals surface area contributed by atoms with Crippen LogP contribution in [0.4, 0.5) is 32.0 Å². The molecule has 3 rings (SSSR count). The van der Waals surface area contributed by atoms with E-state index in [-0.39, 0.29) is 31.7 Å². The molecule has 6 nitrogen and oxygen atoms in total. The molecular formula is C20H20F6N4O2. The summed E-state index contributed by atoms with van der Waals surface area (Å²) in [5, 5.41) is 8.93. The predicted molar refractivity (Wildman–Crippen MR) is 100 cm³/mol. The minimum Gasteiger partial charge on any atom is -0.371 e. The quantitative estimate of drug-likeness (QED) is 0.699. The average Bonchev–Trinajstić information content (AvgIpc) is 3.06. The molecule has 1 aromatic rings. The molecule has 32 heavy (non-hydrogen) atoms. The second kappa shape index (κ2) is 8.18. The molecule has 0 aromatic heterocycles. The van der Waals surface area contributed by atoms with Gasteiger partial charge in [0.05, 0.1) is 17.2 Å². The van der Waals surface area contributed by atoms with Crippen LogP contribution in [0.25, 0.3) is 0 Å². The highest BCUT2D eigenvalue weighted by Crippen LogP contribution is 2.45. The first-order valence-electron chi connectivity index (χ1n) is 9.76. The Morgan fingerprint density at radius 3 is 2.28 bits per heavy atom. The molecule has 2 saturated heterocycles. The Morgan fingerprint density at radius 2 is 1.78 bits per heavy atom. The Hall–Kier alpha value is -2.97. The van der Waals surface area contributed by atoms with Crippen LogP contribution in [0.2, 0.25) is 0 Å². The number of hydrogen-bond donors (Lipinski definition) is 1. The molecule has 1 aromatic carbocycles. The number of hydrogen-bond acceptors (Lipinski definition) is 4. The van der Waals surface area contributed by atoms with Gasteiger partial charge in [-0.3, -0.25) is 9.59 Å². The summed E-state index contributed by atoms with van der Waals surface area (Å²) < 4.78 is 77.7. The van der Waals surface area contributed by atoms with Crippen molar-refractivity contribution < 1.29 is 35.9 Å². The number of benzene rings is 1. The van der Waals surface area contributed by atoms with Gasteiger partial charge >= 0.3 is 12.4 Å². The number of primary amides is 1. The van der Waals surface area contributed by atoms with Crippen LogP contribution >= 0.6 is 0 Å². The predicted octanol–water partition coefficient (Wildman–Crippen LogP) is 3.20. The molecule has 2 aliphatic heterocycles. The van der Waals surface area contributed by atoms with Gasteiger partial charge in [0.1, 0.15) is 12.5 Å². The van der Waals surface area contributed by atoms with Crippen molar-refractivity contribution >= 4 is 17.5 Å². The van der Waals surface area contributed by atoms with E-state index in [1.165, 1.54) is 12.1 Å². The van der Waals surface area contributed by atoms with E-state index in [9.17, 15) is 35.9 Å². The summed E-state index contributed by atoms with van der Waals surface area (Å²) >= 11 is 0. The number of likely N-dealkylation sites (tertiary alicyclic amines) is 1. The van der Waals surface area contributed by atoms with Crippen LogP contribution in [0, 0.1) is 16.7 Å². The van der Waals surface area contributed by atoms with Crippen molar-refractivity contribution in [3.63, 3.8) is 0 Å². The summed E-state index contributed by atoms with van der Waals surface area (Å²) in [6, 6.07) is 3.77. The zero-order valence-corrected chi connectivity index (χ0v) is 16.8. The molecular weight excluding hydrogens is 442 g/mol. The highest BCUT2D eigenvalue weighted by atomic mass is 19.4. The topological polar surface area (TPSA) is 90.4 Å². The largest absolute Gasteiger partial charge is 0.417 e. The molecule has 2 fully saturated rings. The van der Waals surface area contributed by atoms with Crippen LogP contribution in [0.1, 0.15) is 36.8 Å². The Labute approximate surface area is 179 Å². The van der Waals surface area contributed by atoms with E-state index in [4.69, 9.17) is 11.0 Å². The molecule has 2 N–H and O–H groups in total. The summed E-state index contributed by atoms with van der Waals surface area (Å²) in [4.78, 5) is 26.5. The maximum Gasteiger partial charge on any atom is 0.417 e. The SMILES string of the molecule is N#Cc1ccc(N2CCC3(CC2)CC(C(N)=O)N(C(=O)CC(F)(F)F)C3)cc1C(F)(F)F. The van der Waals surface area contributed by atoms with Crippen molar-refractivity contribution in [2.24, 2.45) is 11.1 Å². The van der Waals surface area contributed by atoms with Crippen LogP contribution in [-0.4, -0.2) is 48.6 Å². The highest BCUT2D eigenvalue weighted by Gasteiger charge is 2.50. The standard InChI is InChI=1S/C20H20F6N4O2/c21-19(22,23)9-16(31)30-11-18(8-15(30)17(28)32)3-5-29(6-4-18)13-2-1-12(10-27)14(7-13)20(24,25)26/h1-2,7,15H,3-6,8-9,11H2,(H2,28,32). The van der Waals surface area contributed by atoms with Crippen LogP contribution in [0.5, 0.6) is 0 Å². The third-order valence-corrected chi connectivity index (χ3v) is 6.13. The number of nitriles is 1. The van der Waals surface area contributed by atoms with Gasteiger partial charge in [0.25, 0.3) is 0 Å². The van der Waals surface area contributed by atoms with Gasteiger partial charge in [-0.15, -0.1) is 0 Å². The van der Waals surface area contributed by atoms with E-state index >= 15 is 0 Å². The van der Waals surface area contributed by atoms with Crippen molar-refractivity contribution in [3.05, 3.63) is 29.3 Å². The molecule has 1 spiro atoms.